The van der Waals surface area contributed by atoms with E-state index in [2.05, 4.69) is 42.8 Å². The third-order valence-electron chi connectivity index (χ3n) is 4.49. The molecule has 0 amide bonds. The van der Waals surface area contributed by atoms with E-state index in [-0.39, 0.29) is 11.5 Å². The Morgan fingerprint density at radius 3 is 2.33 bits per heavy atom. The molecule has 18 heavy (non-hydrogen) atoms. The highest BCUT2D eigenvalue weighted by molar-refractivity contribution is 4.97. The minimum absolute atomic E-state index is 0.0714. The zero-order chi connectivity index (χ0) is 13.3. The Kier molecular flexibility index (Phi) is 4.29. The van der Waals surface area contributed by atoms with E-state index in [0.717, 1.165) is 32.7 Å². The second-order valence-corrected chi connectivity index (χ2v) is 6.79. The van der Waals surface area contributed by atoms with E-state index >= 15 is 0 Å². The van der Waals surface area contributed by atoms with Crippen molar-refractivity contribution in [3.63, 3.8) is 0 Å². The Labute approximate surface area is 111 Å². The summed E-state index contributed by atoms with van der Waals surface area (Å²) in [6.45, 7) is 14.5. The molecule has 0 bridgehead atoms. The molecule has 2 rings (SSSR count). The fourth-order valence-corrected chi connectivity index (χ4v) is 3.37. The molecular formula is C14H28FN3. The molecule has 1 N–H and O–H groups in total. The van der Waals surface area contributed by atoms with E-state index in [9.17, 15) is 4.39 Å². The lowest BCUT2D eigenvalue weighted by molar-refractivity contribution is 0.104. The standard InChI is InChI=1S/C14H28FN3/c1-11-12(9-17-7-5-16-6-8-17)13(15)10-18(11)14(2,3)4/h11-13,16H,5-10H2,1-4H3/t11-,12-,13+/m1/s1. The van der Waals surface area contributed by atoms with Crippen molar-refractivity contribution in [3.05, 3.63) is 0 Å². The van der Waals surface area contributed by atoms with Gasteiger partial charge >= 0.3 is 0 Å². The number of alkyl halides is 1. The van der Waals surface area contributed by atoms with Crippen molar-refractivity contribution in [1.82, 2.24) is 15.1 Å². The van der Waals surface area contributed by atoms with Gasteiger partial charge in [0.15, 0.2) is 0 Å². The maximum absolute atomic E-state index is 14.3. The Hall–Kier alpha value is -0.190. The van der Waals surface area contributed by atoms with E-state index in [1.54, 1.807) is 0 Å². The lowest BCUT2D eigenvalue weighted by atomic mass is 9.97. The van der Waals surface area contributed by atoms with Gasteiger partial charge in [0.25, 0.3) is 0 Å². The molecule has 0 aromatic carbocycles. The Morgan fingerprint density at radius 2 is 1.83 bits per heavy atom. The molecule has 2 aliphatic rings. The maximum Gasteiger partial charge on any atom is 0.118 e. The van der Waals surface area contributed by atoms with Gasteiger partial charge in [0.2, 0.25) is 0 Å². The van der Waals surface area contributed by atoms with Gasteiger partial charge in [-0.2, -0.15) is 0 Å². The van der Waals surface area contributed by atoms with Crippen LogP contribution in [0.5, 0.6) is 0 Å². The third-order valence-corrected chi connectivity index (χ3v) is 4.49. The van der Waals surface area contributed by atoms with Crippen LogP contribution >= 0.6 is 0 Å². The lowest BCUT2D eigenvalue weighted by Gasteiger charge is -2.37. The first-order chi connectivity index (χ1) is 8.39. The van der Waals surface area contributed by atoms with E-state index in [4.69, 9.17) is 0 Å². The number of likely N-dealkylation sites (tertiary alicyclic amines) is 1. The van der Waals surface area contributed by atoms with E-state index in [1.165, 1.54) is 0 Å². The summed E-state index contributed by atoms with van der Waals surface area (Å²) < 4.78 is 14.3. The van der Waals surface area contributed by atoms with Gasteiger partial charge < -0.3 is 10.2 Å². The van der Waals surface area contributed by atoms with Crippen LogP contribution in [-0.2, 0) is 0 Å². The molecule has 4 heteroatoms. The van der Waals surface area contributed by atoms with Crippen LogP contribution in [-0.4, -0.2) is 66.8 Å². The zero-order valence-corrected chi connectivity index (χ0v) is 12.2. The molecule has 106 valence electrons. The molecule has 0 radical (unpaired) electrons. The average molecular weight is 257 g/mol. The minimum atomic E-state index is -0.672. The third kappa shape index (κ3) is 3.03. The molecular weight excluding hydrogens is 229 g/mol. The van der Waals surface area contributed by atoms with Crippen LogP contribution in [0.4, 0.5) is 4.39 Å². The second-order valence-electron chi connectivity index (χ2n) is 6.79. The smallest absolute Gasteiger partial charge is 0.118 e. The number of hydrogen-bond acceptors (Lipinski definition) is 3. The number of halogens is 1. The molecule has 0 aromatic heterocycles. The molecule has 2 aliphatic heterocycles. The van der Waals surface area contributed by atoms with Gasteiger partial charge in [0, 0.05) is 56.8 Å². The van der Waals surface area contributed by atoms with E-state index in [0.29, 0.717) is 12.6 Å². The number of nitrogens with zero attached hydrogens (tertiary/aromatic N) is 2. The van der Waals surface area contributed by atoms with Crippen LogP contribution in [0.15, 0.2) is 0 Å². The van der Waals surface area contributed by atoms with Crippen molar-refractivity contribution in [2.24, 2.45) is 5.92 Å². The number of rotatable bonds is 2. The first kappa shape index (κ1) is 14.2. The van der Waals surface area contributed by atoms with Gasteiger partial charge in [-0.15, -0.1) is 0 Å². The van der Waals surface area contributed by atoms with E-state index in [1.807, 2.05) is 0 Å². The van der Waals surface area contributed by atoms with Crippen molar-refractivity contribution in [2.45, 2.75) is 45.4 Å². The highest BCUT2D eigenvalue weighted by Gasteiger charge is 2.44. The van der Waals surface area contributed by atoms with Gasteiger partial charge in [-0.3, -0.25) is 4.90 Å². The summed E-state index contributed by atoms with van der Waals surface area (Å²) in [7, 11) is 0. The quantitative estimate of drug-likeness (QED) is 0.805. The van der Waals surface area contributed by atoms with Gasteiger partial charge in [-0.05, 0) is 27.7 Å². The Bertz CT molecular complexity index is 271. The van der Waals surface area contributed by atoms with Crippen LogP contribution in [0.3, 0.4) is 0 Å². The van der Waals surface area contributed by atoms with Crippen molar-refractivity contribution < 1.29 is 4.39 Å². The molecule has 3 atom stereocenters. The Morgan fingerprint density at radius 1 is 1.22 bits per heavy atom. The normalized spacial score (nSPS) is 36.2. The van der Waals surface area contributed by atoms with Crippen LogP contribution in [0, 0.1) is 5.92 Å². The average Bonchev–Trinajstić information content (AvgIpc) is 2.58. The first-order valence-electron chi connectivity index (χ1n) is 7.23. The molecule has 0 unspecified atom stereocenters. The summed E-state index contributed by atoms with van der Waals surface area (Å²) >= 11 is 0. The van der Waals surface area contributed by atoms with Gasteiger partial charge in [-0.1, -0.05) is 0 Å². The fourth-order valence-electron chi connectivity index (χ4n) is 3.37. The fraction of sp³-hybridized carbons (Fsp3) is 1.00. The second kappa shape index (κ2) is 5.43. The Balaban J connectivity index is 1.96. The van der Waals surface area contributed by atoms with Crippen LogP contribution in [0.1, 0.15) is 27.7 Å². The van der Waals surface area contributed by atoms with Gasteiger partial charge in [0.05, 0.1) is 0 Å². The molecule has 3 nitrogen and oxygen atoms in total. The monoisotopic (exact) mass is 257 g/mol. The summed E-state index contributed by atoms with van der Waals surface area (Å²) in [4.78, 5) is 4.74. The SMILES string of the molecule is C[C@@H]1[C@@H](CN2CCNCC2)[C@@H](F)CN1C(C)(C)C. The molecule has 2 fully saturated rings. The van der Waals surface area contributed by atoms with Crippen molar-refractivity contribution in [2.75, 3.05) is 39.3 Å². The number of hydrogen-bond donors (Lipinski definition) is 1. The highest BCUT2D eigenvalue weighted by Crippen LogP contribution is 2.33. The largest absolute Gasteiger partial charge is 0.314 e. The highest BCUT2D eigenvalue weighted by atomic mass is 19.1. The summed E-state index contributed by atoms with van der Waals surface area (Å²) in [5.74, 6) is 0.169. The summed E-state index contributed by atoms with van der Waals surface area (Å²) in [5, 5.41) is 3.35. The summed E-state index contributed by atoms with van der Waals surface area (Å²) in [6, 6.07) is 0.342. The molecule has 2 saturated heterocycles. The molecule has 0 aromatic rings. The van der Waals surface area contributed by atoms with Gasteiger partial charge in [-0.25, -0.2) is 4.39 Å². The van der Waals surface area contributed by atoms with E-state index < -0.39 is 6.17 Å². The van der Waals surface area contributed by atoms with Crippen molar-refractivity contribution >= 4 is 0 Å². The lowest BCUT2D eigenvalue weighted by Crippen LogP contribution is -2.49. The van der Waals surface area contributed by atoms with Crippen LogP contribution in [0.25, 0.3) is 0 Å². The van der Waals surface area contributed by atoms with Crippen LogP contribution < -0.4 is 5.32 Å². The molecule has 0 aliphatic carbocycles. The topological polar surface area (TPSA) is 18.5 Å². The number of nitrogens with one attached hydrogen (secondary N) is 1. The molecule has 0 saturated carbocycles. The molecule has 2 heterocycles. The number of piperazine rings is 1. The summed E-state index contributed by atoms with van der Waals surface area (Å²) in [6.07, 6.45) is -0.672. The first-order valence-corrected chi connectivity index (χ1v) is 7.23. The van der Waals surface area contributed by atoms with Crippen molar-refractivity contribution in [1.29, 1.82) is 0 Å². The summed E-state index contributed by atoms with van der Waals surface area (Å²) in [5.41, 5.74) is 0.0714. The minimum Gasteiger partial charge on any atom is -0.314 e. The van der Waals surface area contributed by atoms with Crippen LogP contribution in [0.2, 0.25) is 0 Å². The molecule has 0 spiro atoms. The van der Waals surface area contributed by atoms with Gasteiger partial charge in [0.1, 0.15) is 6.17 Å². The maximum atomic E-state index is 14.3. The predicted octanol–water partition coefficient (Wildman–Crippen LogP) is 1.35. The predicted molar refractivity (Wildman–Crippen MR) is 73.6 cm³/mol. The zero-order valence-electron chi connectivity index (χ0n) is 12.2. The van der Waals surface area contributed by atoms with Crippen molar-refractivity contribution in [3.8, 4) is 0 Å².